The zero-order valence-corrected chi connectivity index (χ0v) is 18.2. The minimum Gasteiger partial charge on any atom is -0.508 e. The normalized spacial score (nSPS) is 15.2. The van der Waals surface area contributed by atoms with Crippen molar-refractivity contribution in [2.75, 3.05) is 18.4 Å². The Morgan fingerprint density at radius 2 is 1.58 bits per heavy atom. The highest BCUT2D eigenvalue weighted by Crippen LogP contribution is 2.36. The van der Waals surface area contributed by atoms with Gasteiger partial charge < -0.3 is 15.7 Å². The Kier molecular flexibility index (Phi) is 5.67. The van der Waals surface area contributed by atoms with Crippen molar-refractivity contribution in [2.45, 2.75) is 18.3 Å². The monoisotopic (exact) mass is 438 g/mol. The van der Waals surface area contributed by atoms with Crippen LogP contribution in [-0.2, 0) is 10.2 Å². The number of aromatic amines is 1. The number of nitrogens with zero attached hydrogens (tertiary/aromatic N) is 1. The van der Waals surface area contributed by atoms with Crippen molar-refractivity contribution in [2.24, 2.45) is 0 Å². The molecule has 0 atom stereocenters. The number of amides is 1. The van der Waals surface area contributed by atoms with Crippen molar-refractivity contribution in [3.05, 3.63) is 90.8 Å². The average Bonchev–Trinajstić information content (AvgIpc) is 3.40. The molecule has 1 amide bonds. The molecule has 1 aromatic heterocycles. The summed E-state index contributed by atoms with van der Waals surface area (Å²) in [5.74, 6) is 0.248. The molecule has 6 heteroatoms. The number of rotatable bonds is 5. The third-order valence-electron chi connectivity index (χ3n) is 6.48. The number of phenolic OH excluding ortho intramolecular Hbond substituents is 1. The number of carbonyl (C=O) groups excluding carboxylic acids is 1. The van der Waals surface area contributed by atoms with Gasteiger partial charge in [0.2, 0.25) is 5.91 Å². The van der Waals surface area contributed by atoms with Crippen molar-refractivity contribution >= 4 is 11.6 Å². The minimum absolute atomic E-state index is 0.0166. The molecule has 0 aliphatic carbocycles. The minimum atomic E-state index is -0.589. The van der Waals surface area contributed by atoms with E-state index < -0.39 is 5.41 Å². The van der Waals surface area contributed by atoms with Crippen LogP contribution in [0.4, 0.5) is 5.69 Å². The maximum atomic E-state index is 13.7. The van der Waals surface area contributed by atoms with E-state index in [1.54, 1.807) is 18.3 Å². The molecule has 6 nitrogen and oxygen atoms in total. The lowest BCUT2D eigenvalue weighted by atomic mass is 9.72. The van der Waals surface area contributed by atoms with Crippen molar-refractivity contribution in [3.63, 3.8) is 0 Å². The highest BCUT2D eigenvalue weighted by atomic mass is 16.3. The summed E-state index contributed by atoms with van der Waals surface area (Å²) in [5, 5.41) is 23.0. The molecule has 1 fully saturated rings. The Hall–Kier alpha value is -3.90. The Labute approximate surface area is 192 Å². The lowest BCUT2D eigenvalue weighted by Gasteiger charge is -2.37. The van der Waals surface area contributed by atoms with Crippen LogP contribution in [0.15, 0.2) is 85.2 Å². The topological polar surface area (TPSA) is 90.0 Å². The summed E-state index contributed by atoms with van der Waals surface area (Å²) >= 11 is 0. The van der Waals surface area contributed by atoms with Crippen LogP contribution >= 0.6 is 0 Å². The SMILES string of the molecule is O=C(Nc1cccc(-c2ccc(O)cc2)c1)C1(c2ccc(-c3cn[nH]c3)cc2)CCNCC1. The van der Waals surface area contributed by atoms with Crippen LogP contribution in [0.5, 0.6) is 5.75 Å². The smallest absolute Gasteiger partial charge is 0.235 e. The van der Waals surface area contributed by atoms with Crippen LogP contribution in [0, 0.1) is 0 Å². The van der Waals surface area contributed by atoms with E-state index in [0.717, 1.165) is 59.4 Å². The van der Waals surface area contributed by atoms with Crippen LogP contribution in [-0.4, -0.2) is 34.3 Å². The molecule has 0 spiro atoms. The number of benzene rings is 3. The first-order valence-electron chi connectivity index (χ1n) is 11.2. The van der Waals surface area contributed by atoms with Gasteiger partial charge in [0.1, 0.15) is 5.75 Å². The fraction of sp³-hybridized carbons (Fsp3) is 0.185. The molecule has 5 rings (SSSR count). The van der Waals surface area contributed by atoms with Crippen LogP contribution < -0.4 is 10.6 Å². The maximum Gasteiger partial charge on any atom is 0.235 e. The van der Waals surface area contributed by atoms with E-state index in [9.17, 15) is 9.90 Å². The Balaban J connectivity index is 1.42. The highest BCUT2D eigenvalue weighted by molar-refractivity contribution is 6.00. The number of phenols is 1. The van der Waals surface area contributed by atoms with E-state index >= 15 is 0 Å². The Morgan fingerprint density at radius 1 is 0.879 bits per heavy atom. The van der Waals surface area contributed by atoms with E-state index in [1.165, 1.54) is 0 Å². The predicted octanol–water partition coefficient (Wildman–Crippen LogP) is 4.71. The second-order valence-electron chi connectivity index (χ2n) is 8.48. The second-order valence-corrected chi connectivity index (χ2v) is 8.48. The molecular formula is C27H26N4O2. The van der Waals surface area contributed by atoms with E-state index in [1.807, 2.05) is 42.6 Å². The van der Waals surface area contributed by atoms with Crippen molar-refractivity contribution in [1.82, 2.24) is 15.5 Å². The Bertz CT molecular complexity index is 1230. The summed E-state index contributed by atoms with van der Waals surface area (Å²) in [5.41, 5.74) is 5.26. The molecule has 4 N–H and O–H groups in total. The third-order valence-corrected chi connectivity index (χ3v) is 6.48. The summed E-state index contributed by atoms with van der Waals surface area (Å²) in [4.78, 5) is 13.7. The first-order valence-corrected chi connectivity index (χ1v) is 11.2. The fourth-order valence-electron chi connectivity index (χ4n) is 4.57. The van der Waals surface area contributed by atoms with Gasteiger partial charge in [0, 0.05) is 17.4 Å². The van der Waals surface area contributed by atoms with Gasteiger partial charge in [-0.1, -0.05) is 48.5 Å². The van der Waals surface area contributed by atoms with Crippen LogP contribution in [0.1, 0.15) is 18.4 Å². The first kappa shape index (κ1) is 21.0. The van der Waals surface area contributed by atoms with E-state index in [-0.39, 0.29) is 11.7 Å². The van der Waals surface area contributed by atoms with Gasteiger partial charge in [-0.3, -0.25) is 9.89 Å². The van der Waals surface area contributed by atoms with Crippen LogP contribution in [0.2, 0.25) is 0 Å². The van der Waals surface area contributed by atoms with Crippen molar-refractivity contribution < 1.29 is 9.90 Å². The number of nitrogens with one attached hydrogen (secondary N) is 3. The van der Waals surface area contributed by atoms with Gasteiger partial charge in [0.25, 0.3) is 0 Å². The molecule has 1 aliphatic rings. The van der Waals surface area contributed by atoms with Crippen molar-refractivity contribution in [1.29, 1.82) is 0 Å². The molecule has 0 unspecified atom stereocenters. The number of carbonyl (C=O) groups is 1. The number of aromatic nitrogens is 2. The number of anilines is 1. The quantitative estimate of drug-likeness (QED) is 0.363. The summed E-state index contributed by atoms with van der Waals surface area (Å²) < 4.78 is 0. The molecular weight excluding hydrogens is 412 g/mol. The Morgan fingerprint density at radius 3 is 2.27 bits per heavy atom. The molecule has 1 saturated heterocycles. The number of aromatic hydroxyl groups is 1. The van der Waals surface area contributed by atoms with E-state index in [2.05, 4.69) is 45.1 Å². The van der Waals surface area contributed by atoms with Gasteiger partial charge in [-0.15, -0.1) is 0 Å². The molecule has 2 heterocycles. The van der Waals surface area contributed by atoms with Crippen LogP contribution in [0.25, 0.3) is 22.3 Å². The lowest BCUT2D eigenvalue weighted by Crippen LogP contribution is -2.48. The predicted molar refractivity (Wildman–Crippen MR) is 130 cm³/mol. The zero-order chi connectivity index (χ0) is 22.7. The van der Waals surface area contributed by atoms with Gasteiger partial charge in [0.15, 0.2) is 0 Å². The van der Waals surface area contributed by atoms with Gasteiger partial charge in [-0.05, 0) is 72.5 Å². The van der Waals surface area contributed by atoms with Crippen molar-refractivity contribution in [3.8, 4) is 28.0 Å². The molecule has 0 bridgehead atoms. The molecule has 0 saturated carbocycles. The fourth-order valence-corrected chi connectivity index (χ4v) is 4.57. The second kappa shape index (κ2) is 8.92. The highest BCUT2D eigenvalue weighted by Gasteiger charge is 2.41. The molecule has 1 aliphatic heterocycles. The van der Waals surface area contributed by atoms with E-state index in [0.29, 0.717) is 0 Å². The van der Waals surface area contributed by atoms with E-state index in [4.69, 9.17) is 0 Å². The zero-order valence-electron chi connectivity index (χ0n) is 18.2. The van der Waals surface area contributed by atoms with Gasteiger partial charge in [-0.2, -0.15) is 5.10 Å². The lowest BCUT2D eigenvalue weighted by molar-refractivity contribution is -0.122. The summed E-state index contributed by atoms with van der Waals surface area (Å²) in [6.45, 7) is 1.59. The molecule has 4 aromatic rings. The first-order chi connectivity index (χ1) is 16.1. The molecule has 166 valence electrons. The van der Waals surface area contributed by atoms with Gasteiger partial charge >= 0.3 is 0 Å². The van der Waals surface area contributed by atoms with Gasteiger partial charge in [-0.25, -0.2) is 0 Å². The number of hydrogen-bond acceptors (Lipinski definition) is 4. The average molecular weight is 439 g/mol. The number of H-pyrrole nitrogens is 1. The summed E-state index contributed by atoms with van der Waals surface area (Å²) in [6.07, 6.45) is 5.13. The van der Waals surface area contributed by atoms with Crippen LogP contribution in [0.3, 0.4) is 0 Å². The molecule has 0 radical (unpaired) electrons. The summed E-state index contributed by atoms with van der Waals surface area (Å²) in [7, 11) is 0. The molecule has 33 heavy (non-hydrogen) atoms. The van der Waals surface area contributed by atoms with Gasteiger partial charge in [0.05, 0.1) is 11.6 Å². The molecule has 3 aromatic carbocycles. The standard InChI is InChI=1S/C27H26N4O2/c32-25-10-6-19(7-11-25)21-2-1-3-24(16-21)31-26(33)27(12-14-28-15-13-27)23-8-4-20(5-9-23)22-17-29-30-18-22/h1-11,16-18,28,32H,12-15H2,(H,29,30)(H,31,33). The largest absolute Gasteiger partial charge is 0.508 e. The third kappa shape index (κ3) is 4.25. The maximum absolute atomic E-state index is 13.7. The number of hydrogen-bond donors (Lipinski definition) is 4. The summed E-state index contributed by atoms with van der Waals surface area (Å²) in [6, 6.07) is 23.1. The number of piperidine rings is 1.